The molecule has 0 radical (unpaired) electrons. The third-order valence-electron chi connectivity index (χ3n) is 3.08. The van der Waals surface area contributed by atoms with E-state index < -0.39 is 0 Å². The van der Waals surface area contributed by atoms with Crippen LogP contribution in [0.15, 0.2) is 41.1 Å². The lowest BCUT2D eigenvalue weighted by Gasteiger charge is -2.31. The third kappa shape index (κ3) is 2.29. The summed E-state index contributed by atoms with van der Waals surface area (Å²) in [5, 5.41) is 4.37. The van der Waals surface area contributed by atoms with Gasteiger partial charge in [0.2, 0.25) is 0 Å². The van der Waals surface area contributed by atoms with Crippen LogP contribution in [0.1, 0.15) is 5.56 Å². The van der Waals surface area contributed by atoms with Gasteiger partial charge in [-0.1, -0.05) is 12.1 Å². The van der Waals surface area contributed by atoms with Crippen LogP contribution in [0, 0.1) is 0 Å². The molecule has 17 heavy (non-hydrogen) atoms. The second kappa shape index (κ2) is 4.80. The maximum Gasteiger partial charge on any atom is 0.142 e. The Morgan fingerprint density at radius 3 is 3.06 bits per heavy atom. The minimum Gasteiger partial charge on any atom is -0.490 e. The second-order valence-electron chi connectivity index (χ2n) is 4.18. The fraction of sp³-hybridized carbons (Fsp3) is 0.286. The Bertz CT molecular complexity index is 481. The molecule has 0 N–H and O–H groups in total. The molecule has 88 valence electrons. The average Bonchev–Trinajstić information content (AvgIpc) is 2.89. The average molecular weight is 245 g/mol. The zero-order valence-corrected chi connectivity index (χ0v) is 10.5. The SMILES string of the molecule is c1ccc2c(c1)OCCN2CCc1ccsc1. The van der Waals surface area contributed by atoms with Crippen LogP contribution >= 0.6 is 11.3 Å². The standard InChI is InChI=1S/C14H15NOS/c1-2-4-14-13(3-1)15(8-9-16-14)7-5-12-6-10-17-11-12/h1-4,6,10-11H,5,7-9H2. The Balaban J connectivity index is 1.72. The van der Waals surface area contributed by atoms with Gasteiger partial charge >= 0.3 is 0 Å². The summed E-state index contributed by atoms with van der Waals surface area (Å²) in [7, 11) is 0. The second-order valence-corrected chi connectivity index (χ2v) is 4.96. The van der Waals surface area contributed by atoms with Crippen molar-refractivity contribution < 1.29 is 4.74 Å². The molecule has 3 rings (SSSR count). The fourth-order valence-electron chi connectivity index (χ4n) is 2.16. The summed E-state index contributed by atoms with van der Waals surface area (Å²) in [5.74, 6) is 1.02. The van der Waals surface area contributed by atoms with Gasteiger partial charge < -0.3 is 9.64 Å². The molecule has 0 spiro atoms. The Morgan fingerprint density at radius 1 is 1.24 bits per heavy atom. The molecule has 1 aromatic carbocycles. The molecule has 0 fully saturated rings. The van der Waals surface area contributed by atoms with E-state index in [0.717, 1.165) is 31.9 Å². The van der Waals surface area contributed by atoms with Gasteiger partial charge in [0.25, 0.3) is 0 Å². The maximum atomic E-state index is 5.65. The lowest BCUT2D eigenvalue weighted by atomic mass is 10.2. The highest BCUT2D eigenvalue weighted by atomic mass is 32.1. The number of rotatable bonds is 3. The molecule has 1 aliphatic rings. The molecule has 0 saturated heterocycles. The summed E-state index contributed by atoms with van der Waals surface area (Å²) < 4.78 is 5.65. The molecular formula is C14H15NOS. The molecule has 0 unspecified atom stereocenters. The van der Waals surface area contributed by atoms with Gasteiger partial charge in [0, 0.05) is 6.54 Å². The third-order valence-corrected chi connectivity index (χ3v) is 3.81. The van der Waals surface area contributed by atoms with Crippen molar-refractivity contribution in [1.82, 2.24) is 0 Å². The minimum absolute atomic E-state index is 0.792. The van der Waals surface area contributed by atoms with Gasteiger partial charge in [0.15, 0.2) is 0 Å². The van der Waals surface area contributed by atoms with Crippen LogP contribution in [0.5, 0.6) is 5.75 Å². The first-order valence-electron chi connectivity index (χ1n) is 5.91. The van der Waals surface area contributed by atoms with Crippen molar-refractivity contribution in [3.63, 3.8) is 0 Å². The topological polar surface area (TPSA) is 12.5 Å². The van der Waals surface area contributed by atoms with E-state index in [0.29, 0.717) is 0 Å². The smallest absolute Gasteiger partial charge is 0.142 e. The van der Waals surface area contributed by atoms with E-state index in [1.165, 1.54) is 11.3 Å². The summed E-state index contributed by atoms with van der Waals surface area (Å²) in [4.78, 5) is 2.41. The Morgan fingerprint density at radius 2 is 2.18 bits per heavy atom. The van der Waals surface area contributed by atoms with Crippen LogP contribution in [-0.2, 0) is 6.42 Å². The molecular weight excluding hydrogens is 230 g/mol. The molecule has 0 atom stereocenters. The molecule has 2 aromatic rings. The van der Waals surface area contributed by atoms with Gasteiger partial charge in [-0.25, -0.2) is 0 Å². The highest BCUT2D eigenvalue weighted by Gasteiger charge is 2.16. The van der Waals surface area contributed by atoms with Gasteiger partial charge in [-0.2, -0.15) is 11.3 Å². The predicted molar refractivity (Wildman–Crippen MR) is 72.2 cm³/mol. The number of ether oxygens (including phenoxy) is 1. The van der Waals surface area contributed by atoms with E-state index in [-0.39, 0.29) is 0 Å². The summed E-state index contributed by atoms with van der Waals surface area (Å²) in [6.07, 6.45) is 1.11. The predicted octanol–water partition coefficient (Wildman–Crippen LogP) is 3.19. The highest BCUT2D eigenvalue weighted by molar-refractivity contribution is 7.07. The lowest BCUT2D eigenvalue weighted by molar-refractivity contribution is 0.307. The number of para-hydroxylation sites is 2. The molecule has 0 bridgehead atoms. The molecule has 1 aliphatic heterocycles. The van der Waals surface area contributed by atoms with Crippen LogP contribution < -0.4 is 9.64 Å². The first-order chi connectivity index (χ1) is 8.43. The summed E-state index contributed by atoms with van der Waals surface area (Å²) in [5.41, 5.74) is 2.66. The quantitative estimate of drug-likeness (QED) is 0.823. The van der Waals surface area contributed by atoms with Crippen LogP contribution in [0.4, 0.5) is 5.69 Å². The van der Waals surface area contributed by atoms with Crippen molar-refractivity contribution in [1.29, 1.82) is 0 Å². The van der Waals surface area contributed by atoms with Crippen molar-refractivity contribution >= 4 is 17.0 Å². The Kier molecular flexibility index (Phi) is 3.01. The van der Waals surface area contributed by atoms with E-state index in [9.17, 15) is 0 Å². The number of benzene rings is 1. The lowest BCUT2D eigenvalue weighted by Crippen LogP contribution is -2.34. The van der Waals surface area contributed by atoms with Crippen molar-refractivity contribution in [2.75, 3.05) is 24.6 Å². The van der Waals surface area contributed by atoms with Crippen LogP contribution in [0.3, 0.4) is 0 Å². The van der Waals surface area contributed by atoms with E-state index >= 15 is 0 Å². The number of hydrogen-bond acceptors (Lipinski definition) is 3. The zero-order valence-electron chi connectivity index (χ0n) is 9.63. The largest absolute Gasteiger partial charge is 0.490 e. The number of anilines is 1. The fourth-order valence-corrected chi connectivity index (χ4v) is 2.86. The summed E-state index contributed by atoms with van der Waals surface area (Å²) in [6, 6.07) is 10.5. The molecule has 0 saturated carbocycles. The number of hydrogen-bond donors (Lipinski definition) is 0. The highest BCUT2D eigenvalue weighted by Crippen LogP contribution is 2.30. The van der Waals surface area contributed by atoms with Crippen molar-refractivity contribution in [3.05, 3.63) is 46.7 Å². The van der Waals surface area contributed by atoms with Gasteiger partial charge in [0.1, 0.15) is 12.4 Å². The Hall–Kier alpha value is -1.48. The zero-order chi connectivity index (χ0) is 11.5. The normalized spacial score (nSPS) is 14.2. The first kappa shape index (κ1) is 10.7. The van der Waals surface area contributed by atoms with Crippen LogP contribution in [-0.4, -0.2) is 19.7 Å². The maximum absolute atomic E-state index is 5.65. The molecule has 0 amide bonds. The van der Waals surface area contributed by atoms with Crippen LogP contribution in [0.2, 0.25) is 0 Å². The van der Waals surface area contributed by atoms with Crippen molar-refractivity contribution in [3.8, 4) is 5.75 Å². The molecule has 0 aliphatic carbocycles. The van der Waals surface area contributed by atoms with Gasteiger partial charge in [-0.05, 0) is 40.9 Å². The molecule has 2 nitrogen and oxygen atoms in total. The summed E-state index contributed by atoms with van der Waals surface area (Å²) in [6.45, 7) is 2.85. The van der Waals surface area contributed by atoms with Crippen LogP contribution in [0.25, 0.3) is 0 Å². The number of nitrogens with zero attached hydrogens (tertiary/aromatic N) is 1. The van der Waals surface area contributed by atoms with Crippen molar-refractivity contribution in [2.24, 2.45) is 0 Å². The molecule has 1 aromatic heterocycles. The van der Waals surface area contributed by atoms with Gasteiger partial charge in [-0.3, -0.25) is 0 Å². The van der Waals surface area contributed by atoms with E-state index in [4.69, 9.17) is 4.74 Å². The van der Waals surface area contributed by atoms with E-state index in [2.05, 4.69) is 33.9 Å². The first-order valence-corrected chi connectivity index (χ1v) is 6.85. The van der Waals surface area contributed by atoms with E-state index in [1.54, 1.807) is 11.3 Å². The van der Waals surface area contributed by atoms with Crippen molar-refractivity contribution in [2.45, 2.75) is 6.42 Å². The number of thiophene rings is 1. The van der Waals surface area contributed by atoms with E-state index in [1.807, 2.05) is 12.1 Å². The molecule has 2 heterocycles. The number of fused-ring (bicyclic) bond motifs is 1. The molecule has 3 heteroatoms. The Labute approximate surface area is 105 Å². The van der Waals surface area contributed by atoms with Gasteiger partial charge in [0.05, 0.1) is 12.2 Å². The summed E-state index contributed by atoms with van der Waals surface area (Å²) >= 11 is 1.77. The minimum atomic E-state index is 0.792. The van der Waals surface area contributed by atoms with Gasteiger partial charge in [-0.15, -0.1) is 0 Å². The monoisotopic (exact) mass is 245 g/mol.